The van der Waals surface area contributed by atoms with Gasteiger partial charge in [0.2, 0.25) is 0 Å². The van der Waals surface area contributed by atoms with Crippen LogP contribution in [0.1, 0.15) is 36.8 Å². The summed E-state index contributed by atoms with van der Waals surface area (Å²) in [6, 6.07) is 15.3. The quantitative estimate of drug-likeness (QED) is 0.145. The van der Waals surface area contributed by atoms with Gasteiger partial charge in [0.15, 0.2) is 23.0 Å². The summed E-state index contributed by atoms with van der Waals surface area (Å²) in [6.07, 6.45) is 5.17. The monoisotopic (exact) mass is 884 g/mol. The van der Waals surface area contributed by atoms with E-state index in [1.807, 2.05) is 26.0 Å². The van der Waals surface area contributed by atoms with Crippen molar-refractivity contribution in [2.75, 3.05) is 6.61 Å². The number of aromatic nitrogens is 4. The molecule has 0 bridgehead atoms. The van der Waals surface area contributed by atoms with Crippen LogP contribution in [0.2, 0.25) is 20.4 Å². The fraction of sp³-hybridized carbons (Fsp3) is 0.256. The predicted molar refractivity (Wildman–Crippen MR) is 227 cm³/mol. The van der Waals surface area contributed by atoms with Gasteiger partial charge in [-0.15, -0.1) is 0 Å². The molecule has 0 atom stereocenters. The van der Waals surface area contributed by atoms with E-state index in [1.54, 1.807) is 44.4 Å². The van der Waals surface area contributed by atoms with Gasteiger partial charge in [-0.3, -0.25) is 19.0 Å². The van der Waals surface area contributed by atoms with Crippen LogP contribution in [0, 0.1) is 25.5 Å². The smallest absolute Gasteiger partial charge is 0.276 e. The first kappa shape index (κ1) is 42.0. The topological polar surface area (TPSA) is 102 Å². The average molecular weight is 887 g/mol. The standard InChI is InChI=1S/C23H21Cl2FN2O3.C20H17Cl2FN2O3/c1-3-10-30-20-11-14(2)6-7-18(20)31-19-12-15(17(26)13-16(19)24)21-22(25)27-8-4-5-9-28(27)23(21)29;1-11-4-5-16(15(26)8-11)28-17-9-12(14(23)10-13(17)21)18-19(22)24-6-2-3-7-25(24)20(18)27/h3,6-7,11-13H,1,4-5,8-10H2,2H3;4-5,8-10,26H,2-3,6-7H2,1H3. The lowest BCUT2D eigenvalue weighted by Crippen LogP contribution is -2.27. The van der Waals surface area contributed by atoms with Gasteiger partial charge in [-0.25, -0.2) is 18.1 Å². The fourth-order valence-electron chi connectivity index (χ4n) is 7.01. The van der Waals surface area contributed by atoms with Crippen molar-refractivity contribution >= 4 is 46.4 Å². The van der Waals surface area contributed by atoms with E-state index in [-0.39, 0.29) is 76.7 Å². The van der Waals surface area contributed by atoms with Crippen LogP contribution >= 0.6 is 46.4 Å². The predicted octanol–water partition coefficient (Wildman–Crippen LogP) is 11.6. The maximum atomic E-state index is 14.9. The molecule has 2 aliphatic rings. The Morgan fingerprint density at radius 1 is 0.627 bits per heavy atom. The molecular formula is C43H38Cl4F2N4O6. The Kier molecular flexibility index (Phi) is 12.5. The third-order valence-electron chi connectivity index (χ3n) is 9.92. The zero-order chi connectivity index (χ0) is 42.1. The maximum Gasteiger partial charge on any atom is 0.276 e. The molecular weight excluding hydrogens is 848 g/mol. The highest BCUT2D eigenvalue weighted by Gasteiger charge is 2.27. The second-order valence-electron chi connectivity index (χ2n) is 14.1. The number of benzene rings is 4. The number of aryl methyl sites for hydroxylation is 2. The summed E-state index contributed by atoms with van der Waals surface area (Å²) in [6.45, 7) is 10.00. The van der Waals surface area contributed by atoms with Crippen molar-refractivity contribution in [3.05, 3.63) is 137 Å². The molecule has 59 heavy (non-hydrogen) atoms. The molecule has 8 rings (SSSR count). The van der Waals surface area contributed by atoms with E-state index >= 15 is 0 Å². The van der Waals surface area contributed by atoms with Crippen LogP contribution in [-0.4, -0.2) is 30.4 Å². The minimum absolute atomic E-state index is 0.00963. The first-order valence-electron chi connectivity index (χ1n) is 18.7. The molecule has 0 spiro atoms. The second kappa shape index (κ2) is 17.6. The molecule has 0 radical (unpaired) electrons. The summed E-state index contributed by atoms with van der Waals surface area (Å²) < 4.78 is 53.4. The van der Waals surface area contributed by atoms with Gasteiger partial charge in [0.05, 0.1) is 21.2 Å². The number of hydrogen-bond donors (Lipinski definition) is 1. The molecule has 0 saturated carbocycles. The lowest BCUT2D eigenvalue weighted by molar-refractivity contribution is 0.340. The number of halogens is 6. The van der Waals surface area contributed by atoms with E-state index < -0.39 is 11.6 Å². The Hall–Kier alpha value is -5.14. The van der Waals surface area contributed by atoms with Gasteiger partial charge in [-0.1, -0.05) is 71.2 Å². The number of phenolic OH excluding ortho intramolecular Hbond substituents is 1. The number of rotatable bonds is 9. The summed E-state index contributed by atoms with van der Waals surface area (Å²) in [4.78, 5) is 25.7. The maximum absolute atomic E-state index is 14.9. The molecule has 308 valence electrons. The molecule has 16 heteroatoms. The van der Waals surface area contributed by atoms with Crippen molar-refractivity contribution in [3.8, 4) is 56.8 Å². The molecule has 4 heterocycles. The number of hydrogen-bond acceptors (Lipinski definition) is 6. The van der Waals surface area contributed by atoms with Crippen LogP contribution in [0.15, 0.2) is 82.9 Å². The largest absolute Gasteiger partial charge is 0.504 e. The molecule has 4 aromatic carbocycles. The third-order valence-corrected chi connectivity index (χ3v) is 11.3. The van der Waals surface area contributed by atoms with Crippen LogP contribution in [0.3, 0.4) is 0 Å². The van der Waals surface area contributed by atoms with Crippen LogP contribution in [0.25, 0.3) is 22.3 Å². The van der Waals surface area contributed by atoms with Crippen molar-refractivity contribution in [3.63, 3.8) is 0 Å². The summed E-state index contributed by atoms with van der Waals surface area (Å²) >= 11 is 25.3. The number of fused-ring (bicyclic) bond motifs is 2. The molecule has 0 fully saturated rings. The van der Waals surface area contributed by atoms with Gasteiger partial charge in [-0.05, 0) is 99.2 Å². The minimum Gasteiger partial charge on any atom is -0.504 e. The van der Waals surface area contributed by atoms with Gasteiger partial charge in [-0.2, -0.15) is 0 Å². The number of aromatic hydroxyl groups is 1. The van der Waals surface area contributed by atoms with E-state index in [0.717, 1.165) is 48.9 Å². The van der Waals surface area contributed by atoms with Crippen molar-refractivity contribution in [1.82, 2.24) is 18.7 Å². The van der Waals surface area contributed by atoms with Crippen molar-refractivity contribution < 1.29 is 28.1 Å². The number of ether oxygens (including phenoxy) is 3. The zero-order valence-electron chi connectivity index (χ0n) is 32.0. The van der Waals surface area contributed by atoms with Crippen LogP contribution in [0.4, 0.5) is 8.78 Å². The summed E-state index contributed by atoms with van der Waals surface area (Å²) in [5.74, 6) is -0.00886. The van der Waals surface area contributed by atoms with Crippen LogP contribution < -0.4 is 25.3 Å². The molecule has 2 aliphatic heterocycles. The fourth-order valence-corrected chi connectivity index (χ4v) is 8.11. The van der Waals surface area contributed by atoms with Gasteiger partial charge in [0.25, 0.3) is 11.1 Å². The molecule has 0 saturated heterocycles. The van der Waals surface area contributed by atoms with E-state index in [9.17, 15) is 23.5 Å². The van der Waals surface area contributed by atoms with Crippen molar-refractivity contribution in [2.45, 2.75) is 65.7 Å². The Labute approximate surface area is 357 Å². The summed E-state index contributed by atoms with van der Waals surface area (Å²) in [5.41, 5.74) is 1.40. The number of nitrogens with zero attached hydrogens (tertiary/aromatic N) is 4. The Balaban J connectivity index is 0.000000180. The van der Waals surface area contributed by atoms with E-state index in [0.29, 0.717) is 44.3 Å². The van der Waals surface area contributed by atoms with E-state index in [4.69, 9.17) is 60.6 Å². The van der Waals surface area contributed by atoms with Gasteiger partial charge >= 0.3 is 0 Å². The first-order valence-corrected chi connectivity index (χ1v) is 20.2. The highest BCUT2D eigenvalue weighted by Crippen LogP contribution is 2.42. The van der Waals surface area contributed by atoms with Gasteiger partial charge in [0.1, 0.15) is 40.0 Å². The minimum atomic E-state index is -0.673. The Bertz CT molecular complexity index is 2720. The first-order chi connectivity index (χ1) is 28.3. The highest BCUT2D eigenvalue weighted by atomic mass is 35.5. The van der Waals surface area contributed by atoms with Gasteiger partial charge in [0, 0.05) is 37.3 Å². The molecule has 2 aromatic heterocycles. The molecule has 0 aliphatic carbocycles. The summed E-state index contributed by atoms with van der Waals surface area (Å²) in [5, 5.41) is 10.5. The third kappa shape index (κ3) is 8.50. The van der Waals surface area contributed by atoms with Gasteiger partial charge < -0.3 is 19.3 Å². The normalized spacial score (nSPS) is 13.2. The Morgan fingerprint density at radius 2 is 1.07 bits per heavy atom. The van der Waals surface area contributed by atoms with Crippen molar-refractivity contribution in [2.24, 2.45) is 0 Å². The number of phenols is 1. The zero-order valence-corrected chi connectivity index (χ0v) is 35.0. The highest BCUT2D eigenvalue weighted by molar-refractivity contribution is 6.34. The molecule has 10 nitrogen and oxygen atoms in total. The molecule has 0 unspecified atom stereocenters. The molecule has 0 amide bonds. The average Bonchev–Trinajstić information content (AvgIpc) is 3.61. The lowest BCUT2D eigenvalue weighted by Gasteiger charge is -2.17. The lowest BCUT2D eigenvalue weighted by atomic mass is 10.1. The SMILES string of the molecule is C=CCOc1cc(C)ccc1Oc1cc(-c2c(Cl)n3n(c2=O)CCCC3)c(F)cc1Cl.Cc1ccc(Oc2cc(-c3c(Cl)n4n(c3=O)CCCC4)c(F)cc2Cl)c(O)c1. The molecule has 1 N–H and O–H groups in total. The molecule has 6 aromatic rings. The Morgan fingerprint density at radius 3 is 1.53 bits per heavy atom. The van der Waals surface area contributed by atoms with Crippen LogP contribution in [-0.2, 0) is 26.2 Å². The van der Waals surface area contributed by atoms with E-state index in [2.05, 4.69) is 6.58 Å². The second-order valence-corrected chi connectivity index (χ2v) is 15.6. The summed E-state index contributed by atoms with van der Waals surface area (Å²) in [7, 11) is 0. The van der Waals surface area contributed by atoms with Crippen LogP contribution in [0.5, 0.6) is 34.5 Å². The van der Waals surface area contributed by atoms with E-state index in [1.165, 1.54) is 16.8 Å². The van der Waals surface area contributed by atoms with Crippen molar-refractivity contribution in [1.29, 1.82) is 0 Å².